The Labute approximate surface area is 215 Å². The molecule has 9 nitrogen and oxygen atoms in total. The molecule has 0 bridgehead atoms. The highest BCUT2D eigenvalue weighted by Gasteiger charge is 2.56. The van der Waals surface area contributed by atoms with Gasteiger partial charge < -0.3 is 14.2 Å². The first-order valence-corrected chi connectivity index (χ1v) is 13.3. The number of anilines is 1. The lowest BCUT2D eigenvalue weighted by Crippen LogP contribution is -2.60. The number of ether oxygens (including phenoxy) is 3. The zero-order chi connectivity index (χ0) is 26.6. The number of carbonyl (C=O) groups is 2. The van der Waals surface area contributed by atoms with Gasteiger partial charge in [-0.3, -0.25) is 4.72 Å². The van der Waals surface area contributed by atoms with Gasteiger partial charge in [-0.15, -0.1) is 0 Å². The van der Waals surface area contributed by atoms with Crippen molar-refractivity contribution in [1.29, 1.82) is 0 Å². The largest absolute Gasteiger partial charge is 0.471 e. The van der Waals surface area contributed by atoms with E-state index in [0.29, 0.717) is 5.56 Å². The Balaban J connectivity index is 1.83. The van der Waals surface area contributed by atoms with Crippen LogP contribution in [0, 0.1) is 6.92 Å². The van der Waals surface area contributed by atoms with E-state index >= 15 is 0 Å². The van der Waals surface area contributed by atoms with Crippen molar-refractivity contribution >= 4 is 27.6 Å². The average molecular weight is 525 g/mol. The fourth-order valence-corrected chi connectivity index (χ4v) is 5.08. The minimum absolute atomic E-state index is 0.00755. The van der Waals surface area contributed by atoms with Crippen LogP contribution in [0.3, 0.4) is 0 Å². The number of hydrogen-bond acceptors (Lipinski definition) is 8. The van der Waals surface area contributed by atoms with Gasteiger partial charge in [-0.1, -0.05) is 48.0 Å². The molecule has 0 fully saturated rings. The Morgan fingerprint density at radius 1 is 0.946 bits per heavy atom. The lowest BCUT2D eigenvalue weighted by molar-refractivity contribution is -0.170. The van der Waals surface area contributed by atoms with Crippen molar-refractivity contribution < 1.29 is 32.2 Å². The third-order valence-electron chi connectivity index (χ3n) is 5.83. The molecule has 194 valence electrons. The molecule has 1 heterocycles. The molecule has 3 aromatic rings. The molecule has 1 atom stereocenters. The van der Waals surface area contributed by atoms with E-state index in [4.69, 9.17) is 14.2 Å². The topological polar surface area (TPSA) is 120 Å². The fraction of sp³-hybridized carbons (Fsp3) is 0.259. The van der Waals surface area contributed by atoms with Crippen molar-refractivity contribution in [3.63, 3.8) is 0 Å². The summed E-state index contributed by atoms with van der Waals surface area (Å²) in [6.45, 7) is 5.12. The quantitative estimate of drug-likeness (QED) is 0.337. The van der Waals surface area contributed by atoms with Gasteiger partial charge >= 0.3 is 11.9 Å². The number of nitrogens with one attached hydrogen (secondary N) is 2. The van der Waals surface area contributed by atoms with Crippen LogP contribution in [0.4, 0.5) is 5.69 Å². The van der Waals surface area contributed by atoms with Crippen LogP contribution in [-0.4, -0.2) is 33.6 Å². The molecule has 0 radical (unpaired) electrons. The first-order valence-electron chi connectivity index (χ1n) is 11.8. The standard InChI is InChI=1S/C27H28N2O7S/c1-4-34-25(30)27(26(31)35-5-2)22-17-20(29-37(32,33)21-14-11-18(3)12-15-21)13-16-23(22)36-24(28-27)19-9-7-6-8-10-19/h6-17,24,28-29H,4-5H2,1-3H3. The summed E-state index contributed by atoms with van der Waals surface area (Å²) in [6.07, 6.45) is -0.891. The van der Waals surface area contributed by atoms with Gasteiger partial charge in [-0.25, -0.2) is 23.3 Å². The number of esters is 2. The number of carbonyl (C=O) groups excluding carboxylic acids is 2. The highest BCUT2D eigenvalue weighted by atomic mass is 32.2. The maximum atomic E-state index is 13.4. The van der Waals surface area contributed by atoms with E-state index < -0.39 is 33.7 Å². The van der Waals surface area contributed by atoms with Crippen LogP contribution in [-0.2, 0) is 34.6 Å². The van der Waals surface area contributed by atoms with Crippen LogP contribution in [0.2, 0.25) is 0 Å². The predicted octanol–water partition coefficient (Wildman–Crippen LogP) is 3.80. The Morgan fingerprint density at radius 3 is 2.16 bits per heavy atom. The van der Waals surface area contributed by atoms with Crippen molar-refractivity contribution in [3.05, 3.63) is 89.5 Å². The second-order valence-corrected chi connectivity index (χ2v) is 10.1. The smallest absolute Gasteiger partial charge is 0.343 e. The summed E-state index contributed by atoms with van der Waals surface area (Å²) in [6, 6.07) is 19.8. The van der Waals surface area contributed by atoms with Gasteiger partial charge in [0.05, 0.1) is 18.1 Å². The molecule has 0 saturated carbocycles. The molecule has 1 unspecified atom stereocenters. The maximum Gasteiger partial charge on any atom is 0.343 e. The minimum Gasteiger partial charge on any atom is -0.471 e. The number of benzene rings is 3. The van der Waals surface area contributed by atoms with E-state index in [9.17, 15) is 18.0 Å². The van der Waals surface area contributed by atoms with E-state index in [1.54, 1.807) is 50.2 Å². The zero-order valence-electron chi connectivity index (χ0n) is 20.7. The van der Waals surface area contributed by atoms with Crippen molar-refractivity contribution in [1.82, 2.24) is 5.32 Å². The molecule has 0 aromatic heterocycles. The highest BCUT2D eigenvalue weighted by molar-refractivity contribution is 7.92. The van der Waals surface area contributed by atoms with Gasteiger partial charge in [0.1, 0.15) is 5.75 Å². The second-order valence-electron chi connectivity index (χ2n) is 8.37. The zero-order valence-corrected chi connectivity index (χ0v) is 21.5. The Morgan fingerprint density at radius 2 is 1.57 bits per heavy atom. The van der Waals surface area contributed by atoms with E-state index in [-0.39, 0.29) is 35.1 Å². The summed E-state index contributed by atoms with van der Waals surface area (Å²) in [7, 11) is -3.95. The summed E-state index contributed by atoms with van der Waals surface area (Å²) in [5.74, 6) is -1.58. The van der Waals surface area contributed by atoms with Gasteiger partial charge in [0.15, 0.2) is 6.23 Å². The number of fused-ring (bicyclic) bond motifs is 1. The van der Waals surface area contributed by atoms with Crippen LogP contribution in [0.5, 0.6) is 5.75 Å². The summed E-state index contributed by atoms with van der Waals surface area (Å²) in [4.78, 5) is 27.0. The molecule has 2 N–H and O–H groups in total. The van der Waals surface area contributed by atoms with Crippen molar-refractivity contribution in [2.75, 3.05) is 17.9 Å². The Hall–Kier alpha value is -3.89. The molecule has 4 rings (SSSR count). The highest BCUT2D eigenvalue weighted by Crippen LogP contribution is 2.42. The van der Waals surface area contributed by atoms with Gasteiger partial charge in [0.2, 0.25) is 5.54 Å². The monoisotopic (exact) mass is 524 g/mol. The van der Waals surface area contributed by atoms with Crippen LogP contribution >= 0.6 is 0 Å². The predicted molar refractivity (Wildman–Crippen MR) is 136 cm³/mol. The van der Waals surface area contributed by atoms with Gasteiger partial charge in [-0.05, 0) is 51.1 Å². The van der Waals surface area contributed by atoms with Gasteiger partial charge in [0.25, 0.3) is 10.0 Å². The number of aryl methyl sites for hydroxylation is 1. The molecule has 1 aliphatic heterocycles. The lowest BCUT2D eigenvalue weighted by Gasteiger charge is -2.40. The van der Waals surface area contributed by atoms with E-state index in [0.717, 1.165) is 5.56 Å². The molecule has 0 saturated heterocycles. The van der Waals surface area contributed by atoms with Crippen LogP contribution < -0.4 is 14.8 Å². The third-order valence-corrected chi connectivity index (χ3v) is 7.22. The summed E-state index contributed by atoms with van der Waals surface area (Å²) >= 11 is 0. The molecule has 0 spiro atoms. The Bertz CT molecular complexity index is 1370. The van der Waals surface area contributed by atoms with Crippen LogP contribution in [0.25, 0.3) is 0 Å². The van der Waals surface area contributed by atoms with Crippen LogP contribution in [0.1, 0.15) is 36.8 Å². The average Bonchev–Trinajstić information content (AvgIpc) is 2.89. The first-order chi connectivity index (χ1) is 17.7. The van der Waals surface area contributed by atoms with Gasteiger partial charge in [0, 0.05) is 16.8 Å². The molecular formula is C27H28N2O7S. The fourth-order valence-electron chi connectivity index (χ4n) is 4.03. The van der Waals surface area contributed by atoms with Crippen molar-refractivity contribution in [3.8, 4) is 5.75 Å². The molecule has 10 heteroatoms. The summed E-state index contributed by atoms with van der Waals surface area (Å²) in [5.41, 5.74) is -0.333. The van der Waals surface area contributed by atoms with Crippen molar-refractivity contribution in [2.45, 2.75) is 37.4 Å². The number of rotatable bonds is 8. The lowest BCUT2D eigenvalue weighted by atomic mass is 9.86. The molecular weight excluding hydrogens is 496 g/mol. The molecule has 3 aromatic carbocycles. The Kier molecular flexibility index (Phi) is 7.51. The van der Waals surface area contributed by atoms with Crippen LogP contribution in [0.15, 0.2) is 77.7 Å². The van der Waals surface area contributed by atoms with E-state index in [2.05, 4.69) is 10.0 Å². The third kappa shape index (κ3) is 5.16. The summed E-state index contributed by atoms with van der Waals surface area (Å²) in [5, 5.41) is 2.99. The van der Waals surface area contributed by atoms with E-state index in [1.165, 1.54) is 30.3 Å². The second kappa shape index (κ2) is 10.6. The molecule has 0 amide bonds. The van der Waals surface area contributed by atoms with Crippen molar-refractivity contribution in [2.24, 2.45) is 0 Å². The molecule has 37 heavy (non-hydrogen) atoms. The number of sulfonamides is 1. The molecule has 0 aliphatic carbocycles. The molecule has 1 aliphatic rings. The number of hydrogen-bond donors (Lipinski definition) is 2. The van der Waals surface area contributed by atoms with Gasteiger partial charge in [-0.2, -0.15) is 0 Å². The SMILES string of the molecule is CCOC(=O)C1(C(=O)OCC)NC(c2ccccc2)Oc2ccc(NS(=O)(=O)c3ccc(C)cc3)cc21. The summed E-state index contributed by atoms with van der Waals surface area (Å²) < 4.78 is 45.3. The maximum absolute atomic E-state index is 13.4. The first kappa shape index (κ1) is 26.2. The normalized spacial score (nSPS) is 16.1. The minimum atomic E-state index is -3.95. The van der Waals surface area contributed by atoms with E-state index in [1.807, 2.05) is 13.0 Å².